The normalized spacial score (nSPS) is 15.1. The van der Waals surface area contributed by atoms with E-state index >= 15 is 0 Å². The number of aliphatic hydroxyl groups excluding tert-OH is 1. The Kier molecular flexibility index (Phi) is 12.0. The van der Waals surface area contributed by atoms with Crippen LogP contribution in [-0.2, 0) is 19.1 Å². The fourth-order valence-electron chi connectivity index (χ4n) is 4.39. The SMILES string of the molecule is CC(C)(C)OC(=O)CC1CN(c2ccnc(N)c2)C1.CC(C)(C)OC(=O)CC1CN(c2ccnc([N+](=O)[O-])c2)C1.CO. The van der Waals surface area contributed by atoms with Crippen molar-refractivity contribution >= 4 is 34.9 Å². The summed E-state index contributed by atoms with van der Waals surface area (Å²) in [4.78, 5) is 45.4. The lowest BCUT2D eigenvalue weighted by molar-refractivity contribution is -0.389. The van der Waals surface area contributed by atoms with Crippen molar-refractivity contribution in [1.29, 1.82) is 0 Å². The van der Waals surface area contributed by atoms with E-state index in [1.807, 2.05) is 58.6 Å². The number of hydrogen-bond acceptors (Lipinski definition) is 12. The summed E-state index contributed by atoms with van der Waals surface area (Å²) in [5.41, 5.74) is 6.60. The maximum absolute atomic E-state index is 11.7. The number of nitrogen functional groups attached to an aromatic ring is 1. The summed E-state index contributed by atoms with van der Waals surface area (Å²) in [6, 6.07) is 6.96. The van der Waals surface area contributed by atoms with Crippen molar-refractivity contribution < 1.29 is 29.1 Å². The van der Waals surface area contributed by atoms with E-state index in [9.17, 15) is 19.7 Å². The topological polar surface area (TPSA) is 174 Å². The van der Waals surface area contributed by atoms with Gasteiger partial charge in [0.15, 0.2) is 0 Å². The van der Waals surface area contributed by atoms with Crippen LogP contribution in [0.15, 0.2) is 36.7 Å². The standard InChI is InChI=1S/C14H19N3O4.C14H21N3O2.CH4O/c1-14(2,3)21-13(18)6-10-8-16(9-10)11-4-5-15-12(7-11)17(19)20;1-14(2,3)19-13(18)6-10-8-17(9-10)11-4-5-16-12(15)7-11;1-2/h4-5,7,10H,6,8-9H2,1-3H3;4-5,7,10H,6,8-9H2,1-3H3,(H2,15,16);2H,1H3. The first-order valence-electron chi connectivity index (χ1n) is 13.8. The Morgan fingerprint density at radius 2 is 1.29 bits per heavy atom. The van der Waals surface area contributed by atoms with Gasteiger partial charge in [-0.25, -0.2) is 4.98 Å². The fraction of sp³-hybridized carbons (Fsp3) is 0.586. The average molecular weight is 589 g/mol. The number of hydrogen-bond donors (Lipinski definition) is 2. The zero-order chi connectivity index (χ0) is 31.7. The summed E-state index contributed by atoms with van der Waals surface area (Å²) < 4.78 is 10.6. The van der Waals surface area contributed by atoms with Crippen molar-refractivity contribution in [3.05, 3.63) is 46.8 Å². The Bertz CT molecular complexity index is 1200. The van der Waals surface area contributed by atoms with E-state index in [2.05, 4.69) is 14.9 Å². The summed E-state index contributed by atoms with van der Waals surface area (Å²) in [6.45, 7) is 14.3. The van der Waals surface area contributed by atoms with Gasteiger partial charge in [-0.2, -0.15) is 0 Å². The summed E-state index contributed by atoms with van der Waals surface area (Å²) in [5, 5.41) is 17.7. The third-order valence-corrected chi connectivity index (χ3v) is 6.08. The summed E-state index contributed by atoms with van der Waals surface area (Å²) in [5.74, 6) is 0.631. The molecule has 3 N–H and O–H groups in total. The number of esters is 2. The molecule has 0 atom stereocenters. The van der Waals surface area contributed by atoms with Gasteiger partial charge in [-0.1, -0.05) is 0 Å². The first-order valence-corrected chi connectivity index (χ1v) is 13.8. The van der Waals surface area contributed by atoms with Crippen molar-refractivity contribution in [3.8, 4) is 0 Å². The molecule has 42 heavy (non-hydrogen) atoms. The lowest BCUT2D eigenvalue weighted by Gasteiger charge is -2.41. The number of aliphatic hydroxyl groups is 1. The number of carbonyl (C=O) groups is 2. The molecular formula is C29H44N6O7. The number of aromatic nitrogens is 2. The highest BCUT2D eigenvalue weighted by Gasteiger charge is 2.32. The molecule has 232 valence electrons. The minimum absolute atomic E-state index is 0.119. The number of anilines is 3. The highest BCUT2D eigenvalue weighted by molar-refractivity contribution is 5.71. The van der Waals surface area contributed by atoms with Gasteiger partial charge in [0.25, 0.3) is 0 Å². The number of nitro groups is 1. The highest BCUT2D eigenvalue weighted by Crippen LogP contribution is 2.29. The second-order valence-corrected chi connectivity index (χ2v) is 12.2. The fourth-order valence-corrected chi connectivity index (χ4v) is 4.39. The van der Waals surface area contributed by atoms with Crippen LogP contribution >= 0.6 is 0 Å². The van der Waals surface area contributed by atoms with Gasteiger partial charge in [0.1, 0.15) is 23.2 Å². The van der Waals surface area contributed by atoms with Crippen LogP contribution < -0.4 is 15.5 Å². The van der Waals surface area contributed by atoms with E-state index in [-0.39, 0.29) is 23.7 Å². The van der Waals surface area contributed by atoms with Crippen LogP contribution in [0.5, 0.6) is 0 Å². The Hall–Kier alpha value is -4.00. The third-order valence-electron chi connectivity index (χ3n) is 6.08. The lowest BCUT2D eigenvalue weighted by atomic mass is 9.95. The molecule has 13 heteroatoms. The van der Waals surface area contributed by atoms with Gasteiger partial charge >= 0.3 is 17.8 Å². The monoisotopic (exact) mass is 588 g/mol. The second kappa shape index (κ2) is 14.8. The minimum atomic E-state index is -0.512. The van der Waals surface area contributed by atoms with Crippen LogP contribution in [0.2, 0.25) is 0 Å². The van der Waals surface area contributed by atoms with Crippen molar-refractivity contribution in [2.75, 3.05) is 48.8 Å². The molecular weight excluding hydrogens is 544 g/mol. The van der Waals surface area contributed by atoms with Gasteiger partial charge in [0.05, 0.1) is 18.9 Å². The molecule has 0 unspecified atom stereocenters. The molecule has 2 aliphatic rings. The molecule has 4 heterocycles. The van der Waals surface area contributed by atoms with Gasteiger partial charge < -0.3 is 40.2 Å². The largest absolute Gasteiger partial charge is 0.460 e. The zero-order valence-corrected chi connectivity index (χ0v) is 25.6. The van der Waals surface area contributed by atoms with Crippen LogP contribution in [0.4, 0.5) is 23.0 Å². The third kappa shape index (κ3) is 11.5. The minimum Gasteiger partial charge on any atom is -0.460 e. The van der Waals surface area contributed by atoms with Crippen LogP contribution in [0.3, 0.4) is 0 Å². The summed E-state index contributed by atoms with van der Waals surface area (Å²) in [7, 11) is 1.00. The van der Waals surface area contributed by atoms with Crippen LogP contribution in [0.25, 0.3) is 0 Å². The lowest BCUT2D eigenvalue weighted by Crippen LogP contribution is -2.48. The van der Waals surface area contributed by atoms with E-state index in [1.165, 1.54) is 12.3 Å². The van der Waals surface area contributed by atoms with Crippen molar-refractivity contribution in [2.24, 2.45) is 11.8 Å². The Labute approximate surface area is 247 Å². The molecule has 13 nitrogen and oxygen atoms in total. The Morgan fingerprint density at radius 3 is 1.67 bits per heavy atom. The highest BCUT2D eigenvalue weighted by atomic mass is 16.6. The number of nitrogens with zero attached hydrogens (tertiary/aromatic N) is 5. The molecule has 2 aliphatic heterocycles. The molecule has 2 aromatic rings. The predicted octanol–water partition coefficient (Wildman–Crippen LogP) is 3.60. The molecule has 0 bridgehead atoms. The Balaban J connectivity index is 0.000000278. The first kappa shape index (κ1) is 34.2. The number of rotatable bonds is 7. The molecule has 0 saturated carbocycles. The molecule has 2 saturated heterocycles. The maximum Gasteiger partial charge on any atom is 0.365 e. The van der Waals surface area contributed by atoms with Crippen LogP contribution in [0, 0.1) is 22.0 Å². The van der Waals surface area contributed by atoms with Gasteiger partial charge in [-0.05, 0) is 57.5 Å². The molecule has 2 aromatic heterocycles. The van der Waals surface area contributed by atoms with Crippen molar-refractivity contribution in [3.63, 3.8) is 0 Å². The van der Waals surface area contributed by atoms with Crippen molar-refractivity contribution in [2.45, 2.75) is 65.6 Å². The quantitative estimate of drug-likeness (QED) is 0.274. The van der Waals surface area contributed by atoms with Gasteiger partial charge in [0, 0.05) is 74.8 Å². The van der Waals surface area contributed by atoms with Crippen molar-refractivity contribution in [1.82, 2.24) is 9.97 Å². The zero-order valence-electron chi connectivity index (χ0n) is 25.6. The van der Waals surface area contributed by atoms with E-state index < -0.39 is 16.1 Å². The second-order valence-electron chi connectivity index (χ2n) is 12.2. The number of pyridine rings is 2. The summed E-state index contributed by atoms with van der Waals surface area (Å²) >= 11 is 0. The average Bonchev–Trinajstić information content (AvgIpc) is 2.82. The maximum atomic E-state index is 11.7. The number of ether oxygens (including phenoxy) is 2. The predicted molar refractivity (Wildman–Crippen MR) is 160 cm³/mol. The van der Waals surface area contributed by atoms with E-state index in [0.29, 0.717) is 37.7 Å². The first-order chi connectivity index (χ1) is 19.6. The van der Waals surface area contributed by atoms with Gasteiger partial charge in [0.2, 0.25) is 0 Å². The molecule has 0 spiro atoms. The van der Waals surface area contributed by atoms with Crippen LogP contribution in [0.1, 0.15) is 54.4 Å². The molecule has 2 fully saturated rings. The molecule has 0 aliphatic carbocycles. The molecule has 0 radical (unpaired) electrons. The summed E-state index contributed by atoms with van der Waals surface area (Å²) in [6.07, 6.45) is 3.98. The number of nitrogens with two attached hydrogens (primary N) is 1. The molecule has 0 aromatic carbocycles. The van der Waals surface area contributed by atoms with E-state index in [0.717, 1.165) is 31.6 Å². The van der Waals surface area contributed by atoms with Gasteiger partial charge in [-0.3, -0.25) is 9.59 Å². The molecule has 0 amide bonds. The number of carbonyl (C=O) groups excluding carboxylic acids is 2. The van der Waals surface area contributed by atoms with E-state index in [1.54, 1.807) is 12.3 Å². The molecule has 4 rings (SSSR count). The Morgan fingerprint density at radius 1 is 0.881 bits per heavy atom. The smallest absolute Gasteiger partial charge is 0.365 e. The van der Waals surface area contributed by atoms with Crippen LogP contribution in [-0.4, -0.2) is 76.4 Å². The van der Waals surface area contributed by atoms with E-state index in [4.69, 9.17) is 20.3 Å². The van der Waals surface area contributed by atoms with Gasteiger partial charge in [-0.15, -0.1) is 0 Å².